The molecule has 0 aliphatic rings. The smallest absolute Gasteiger partial charge is 0.144 e. The molecule has 10 aromatic rings. The number of furan rings is 1. The van der Waals surface area contributed by atoms with Crippen molar-refractivity contribution in [3.63, 3.8) is 0 Å². The van der Waals surface area contributed by atoms with Crippen molar-refractivity contribution in [2.24, 2.45) is 0 Å². The highest BCUT2D eigenvalue weighted by molar-refractivity contribution is 6.18. The van der Waals surface area contributed by atoms with Crippen LogP contribution in [0.4, 0.5) is 17.1 Å². The second-order valence-corrected chi connectivity index (χ2v) is 13.6. The van der Waals surface area contributed by atoms with Crippen LogP contribution in [0.1, 0.15) is 0 Å². The van der Waals surface area contributed by atoms with Crippen LogP contribution in [0.15, 0.2) is 211 Å². The van der Waals surface area contributed by atoms with Crippen molar-refractivity contribution in [1.29, 1.82) is 0 Å². The lowest BCUT2D eigenvalue weighted by molar-refractivity contribution is 0.670. The molecule has 3 heteroatoms. The van der Waals surface area contributed by atoms with Crippen LogP contribution in [0.2, 0.25) is 0 Å². The largest absolute Gasteiger partial charge is 0.455 e. The van der Waals surface area contributed by atoms with E-state index >= 15 is 0 Å². The van der Waals surface area contributed by atoms with E-state index in [-0.39, 0.29) is 0 Å². The Labute approximate surface area is 314 Å². The van der Waals surface area contributed by atoms with Gasteiger partial charge in [0.25, 0.3) is 0 Å². The predicted octanol–water partition coefficient (Wildman–Crippen LogP) is 14.3. The number of benzene rings is 8. The van der Waals surface area contributed by atoms with Crippen LogP contribution in [0.25, 0.3) is 77.3 Å². The first-order valence-corrected chi connectivity index (χ1v) is 18.3. The van der Waals surface area contributed by atoms with Gasteiger partial charge in [0.1, 0.15) is 11.2 Å². The monoisotopic (exact) mass is 690 g/mol. The summed E-state index contributed by atoms with van der Waals surface area (Å²) in [7, 11) is 0. The minimum absolute atomic E-state index is 0.841. The van der Waals surface area contributed by atoms with Crippen molar-refractivity contribution in [1.82, 2.24) is 4.98 Å². The average Bonchev–Trinajstić information content (AvgIpc) is 3.61. The number of fused-ring (bicyclic) bond motifs is 4. The van der Waals surface area contributed by atoms with Gasteiger partial charge in [-0.3, -0.25) is 4.98 Å². The van der Waals surface area contributed by atoms with Gasteiger partial charge in [0.05, 0.1) is 5.52 Å². The predicted molar refractivity (Wildman–Crippen MR) is 225 cm³/mol. The summed E-state index contributed by atoms with van der Waals surface area (Å²) in [5, 5.41) is 3.17. The zero-order valence-corrected chi connectivity index (χ0v) is 29.4. The summed E-state index contributed by atoms with van der Waals surface area (Å²) in [6.45, 7) is 0. The van der Waals surface area contributed by atoms with E-state index < -0.39 is 0 Å². The van der Waals surface area contributed by atoms with Gasteiger partial charge in [0, 0.05) is 45.0 Å². The van der Waals surface area contributed by atoms with Gasteiger partial charge in [-0.1, -0.05) is 146 Å². The van der Waals surface area contributed by atoms with E-state index in [1.165, 1.54) is 27.8 Å². The van der Waals surface area contributed by atoms with Crippen molar-refractivity contribution < 1.29 is 4.42 Å². The summed E-state index contributed by atoms with van der Waals surface area (Å²) in [6, 6.07) is 70.8. The van der Waals surface area contributed by atoms with Gasteiger partial charge in [-0.2, -0.15) is 0 Å². The molecular formula is C51H34N2O. The molecule has 3 nitrogen and oxygen atoms in total. The second kappa shape index (κ2) is 13.4. The summed E-state index contributed by atoms with van der Waals surface area (Å²) in [6.07, 6.45) is 1.86. The van der Waals surface area contributed by atoms with Crippen LogP contribution >= 0.6 is 0 Å². The minimum Gasteiger partial charge on any atom is -0.455 e. The molecule has 0 bridgehead atoms. The van der Waals surface area contributed by atoms with Crippen LogP contribution in [-0.2, 0) is 0 Å². The first kappa shape index (κ1) is 31.5. The van der Waals surface area contributed by atoms with E-state index in [9.17, 15) is 0 Å². The van der Waals surface area contributed by atoms with Crippen LogP contribution in [-0.4, -0.2) is 4.98 Å². The molecule has 0 amide bonds. The Morgan fingerprint density at radius 1 is 0.352 bits per heavy atom. The molecular weight excluding hydrogens is 657 g/mol. The number of anilines is 3. The molecule has 0 fully saturated rings. The lowest BCUT2D eigenvalue weighted by Crippen LogP contribution is -2.10. The maximum absolute atomic E-state index is 6.72. The number of hydrogen-bond acceptors (Lipinski definition) is 3. The third-order valence-corrected chi connectivity index (χ3v) is 10.3. The Balaban J connectivity index is 1.11. The average molecular weight is 691 g/mol. The van der Waals surface area contributed by atoms with Gasteiger partial charge in [-0.05, 0) is 93.5 Å². The van der Waals surface area contributed by atoms with E-state index in [1.807, 2.05) is 18.3 Å². The molecule has 0 unspecified atom stereocenters. The SMILES string of the molecule is c1ccc(-c2ccc(-c3ccc(N(c4cccc(-c5ccccc5)c4)c4ccc5oc6c(-c7ccccc7)c7cccnc7cc6c5c4)cc3)cc2)cc1. The zero-order valence-electron chi connectivity index (χ0n) is 29.4. The fraction of sp³-hybridized carbons (Fsp3) is 0. The molecule has 254 valence electrons. The van der Waals surface area contributed by atoms with Crippen LogP contribution in [0, 0.1) is 0 Å². The summed E-state index contributed by atoms with van der Waals surface area (Å²) in [5.41, 5.74) is 15.1. The molecule has 2 heterocycles. The third-order valence-electron chi connectivity index (χ3n) is 10.3. The van der Waals surface area contributed by atoms with Crippen molar-refractivity contribution in [3.05, 3.63) is 206 Å². The number of hydrogen-bond donors (Lipinski definition) is 0. The van der Waals surface area contributed by atoms with E-state index in [0.29, 0.717) is 0 Å². The number of aromatic nitrogens is 1. The van der Waals surface area contributed by atoms with Gasteiger partial charge < -0.3 is 9.32 Å². The van der Waals surface area contributed by atoms with E-state index in [2.05, 4.69) is 193 Å². The second-order valence-electron chi connectivity index (χ2n) is 13.6. The van der Waals surface area contributed by atoms with Gasteiger partial charge >= 0.3 is 0 Å². The maximum atomic E-state index is 6.72. The molecule has 0 saturated heterocycles. The molecule has 8 aromatic carbocycles. The highest BCUT2D eigenvalue weighted by Gasteiger charge is 2.20. The fourth-order valence-electron chi connectivity index (χ4n) is 7.66. The maximum Gasteiger partial charge on any atom is 0.144 e. The molecule has 0 aliphatic heterocycles. The van der Waals surface area contributed by atoms with E-state index in [1.54, 1.807) is 0 Å². The summed E-state index contributed by atoms with van der Waals surface area (Å²) < 4.78 is 6.72. The van der Waals surface area contributed by atoms with Crippen molar-refractivity contribution in [3.8, 4) is 44.5 Å². The molecule has 2 aromatic heterocycles. The Bertz CT molecular complexity index is 2900. The Morgan fingerprint density at radius 2 is 0.889 bits per heavy atom. The Kier molecular flexibility index (Phi) is 7.81. The van der Waals surface area contributed by atoms with Crippen LogP contribution in [0.3, 0.4) is 0 Å². The summed E-state index contributed by atoms with van der Waals surface area (Å²) in [4.78, 5) is 7.13. The van der Waals surface area contributed by atoms with Crippen LogP contribution in [0.5, 0.6) is 0 Å². The highest BCUT2D eigenvalue weighted by atomic mass is 16.3. The van der Waals surface area contributed by atoms with Crippen molar-refractivity contribution in [2.75, 3.05) is 4.90 Å². The highest BCUT2D eigenvalue weighted by Crippen LogP contribution is 2.44. The molecule has 0 spiro atoms. The zero-order chi connectivity index (χ0) is 35.8. The third kappa shape index (κ3) is 5.69. The van der Waals surface area contributed by atoms with Crippen molar-refractivity contribution >= 4 is 49.9 Å². The molecule has 54 heavy (non-hydrogen) atoms. The minimum atomic E-state index is 0.841. The first-order valence-electron chi connectivity index (χ1n) is 18.3. The summed E-state index contributed by atoms with van der Waals surface area (Å²) in [5.74, 6) is 0. The number of rotatable bonds is 7. The number of nitrogens with zero attached hydrogens (tertiary/aromatic N) is 2. The molecule has 0 atom stereocenters. The Hall–Kier alpha value is -7.23. The Morgan fingerprint density at radius 3 is 1.56 bits per heavy atom. The van der Waals surface area contributed by atoms with Crippen molar-refractivity contribution in [2.45, 2.75) is 0 Å². The van der Waals surface area contributed by atoms with E-state index in [4.69, 9.17) is 9.40 Å². The van der Waals surface area contributed by atoms with Gasteiger partial charge in [-0.25, -0.2) is 0 Å². The normalized spacial score (nSPS) is 11.3. The molecule has 0 saturated carbocycles. The topological polar surface area (TPSA) is 29.3 Å². The first-order chi connectivity index (χ1) is 26.8. The lowest BCUT2D eigenvalue weighted by atomic mass is 9.97. The standard InChI is InChI=1S/C51H34N2O/c1-4-12-35(13-5-1)37-21-23-38(24-22-37)39-25-27-42(28-26-39)53(43-19-10-18-41(32-43)36-14-6-2-7-15-36)44-29-30-49-46(33-44)47-34-48-45(20-11-31-52-48)50(51(47)54-49)40-16-8-3-9-17-40/h1-34H. The van der Waals surface area contributed by atoms with Gasteiger partial charge in [0.15, 0.2) is 0 Å². The van der Waals surface area contributed by atoms with Gasteiger partial charge in [0.2, 0.25) is 0 Å². The summed E-state index contributed by atoms with van der Waals surface area (Å²) >= 11 is 0. The fourth-order valence-corrected chi connectivity index (χ4v) is 7.66. The lowest BCUT2D eigenvalue weighted by Gasteiger charge is -2.26. The van der Waals surface area contributed by atoms with Gasteiger partial charge in [-0.15, -0.1) is 0 Å². The number of pyridine rings is 1. The molecule has 0 N–H and O–H groups in total. The molecule has 10 rings (SSSR count). The quantitative estimate of drug-likeness (QED) is 0.167. The molecule has 0 aliphatic carbocycles. The van der Waals surface area contributed by atoms with Crippen LogP contribution < -0.4 is 4.90 Å². The van der Waals surface area contributed by atoms with E-state index in [0.717, 1.165) is 66.6 Å². The molecule has 0 radical (unpaired) electrons.